The Morgan fingerprint density at radius 3 is 2.46 bits per heavy atom. The molecule has 1 aromatic carbocycles. The number of carboxylic acids is 1. The summed E-state index contributed by atoms with van der Waals surface area (Å²) in [4.78, 5) is 39.0. The fourth-order valence-corrected chi connectivity index (χ4v) is 2.71. The minimum absolute atomic E-state index is 0.00406. The monoisotopic (exact) mass is 384 g/mol. The van der Waals surface area contributed by atoms with Gasteiger partial charge in [0.15, 0.2) is 0 Å². The summed E-state index contributed by atoms with van der Waals surface area (Å²) in [7, 11) is 0. The Kier molecular flexibility index (Phi) is 6.18. The van der Waals surface area contributed by atoms with Crippen molar-refractivity contribution in [1.29, 1.82) is 0 Å². The summed E-state index contributed by atoms with van der Waals surface area (Å²) in [5, 5.41) is 17.1. The average molecular weight is 384 g/mol. The number of hydrogen-bond acceptors (Lipinski definition) is 5. The number of rotatable bonds is 6. The topological polar surface area (TPSA) is 130 Å². The number of benzene rings is 1. The highest BCUT2D eigenvalue weighted by atomic mass is 16.5. The number of amides is 3. The van der Waals surface area contributed by atoms with E-state index in [9.17, 15) is 14.4 Å². The zero-order valence-corrected chi connectivity index (χ0v) is 15.0. The van der Waals surface area contributed by atoms with Crippen molar-refractivity contribution in [2.24, 2.45) is 0 Å². The smallest absolute Gasteiger partial charge is 0.335 e. The second kappa shape index (κ2) is 8.96. The van der Waals surface area contributed by atoms with E-state index in [-0.39, 0.29) is 23.4 Å². The molecule has 9 heteroatoms. The Labute approximate surface area is 161 Å². The largest absolute Gasteiger partial charge is 0.478 e. The quantitative estimate of drug-likeness (QED) is 0.605. The van der Waals surface area contributed by atoms with Crippen LogP contribution in [0.3, 0.4) is 0 Å². The van der Waals surface area contributed by atoms with Gasteiger partial charge < -0.3 is 25.8 Å². The summed E-state index contributed by atoms with van der Waals surface area (Å²) in [6.45, 7) is 1.19. The molecule has 1 saturated heterocycles. The number of aromatic carboxylic acids is 1. The Morgan fingerprint density at radius 1 is 1.11 bits per heavy atom. The van der Waals surface area contributed by atoms with Crippen molar-refractivity contribution >= 4 is 29.3 Å². The lowest BCUT2D eigenvalue weighted by atomic mass is 10.2. The predicted octanol–water partition coefficient (Wildman–Crippen LogP) is 2.33. The Hall–Kier alpha value is -3.46. The molecule has 2 heterocycles. The first-order valence-corrected chi connectivity index (χ1v) is 8.78. The van der Waals surface area contributed by atoms with Crippen molar-refractivity contribution in [3.63, 3.8) is 0 Å². The van der Waals surface area contributed by atoms with Crippen molar-refractivity contribution in [3.05, 3.63) is 53.9 Å². The number of nitrogens with zero attached hydrogens (tertiary/aromatic N) is 1. The van der Waals surface area contributed by atoms with E-state index in [1.165, 1.54) is 18.3 Å². The fraction of sp³-hybridized carbons (Fsp3) is 0.263. The highest BCUT2D eigenvalue weighted by Crippen LogP contribution is 2.15. The number of nitrogens with one attached hydrogen (secondary N) is 3. The molecule has 3 rings (SSSR count). The zero-order chi connectivity index (χ0) is 19.9. The van der Waals surface area contributed by atoms with Gasteiger partial charge in [-0.15, -0.1) is 0 Å². The molecule has 4 N–H and O–H groups in total. The Balaban J connectivity index is 1.52. The van der Waals surface area contributed by atoms with E-state index in [0.717, 1.165) is 19.4 Å². The molecular weight excluding hydrogens is 364 g/mol. The van der Waals surface area contributed by atoms with Crippen LogP contribution < -0.4 is 16.0 Å². The molecule has 9 nitrogen and oxygen atoms in total. The molecule has 0 saturated carbocycles. The Bertz CT molecular complexity index is 863. The number of carbonyl (C=O) groups excluding carboxylic acids is 2. The maximum atomic E-state index is 12.2. The first-order chi connectivity index (χ1) is 13.5. The van der Waals surface area contributed by atoms with Crippen LogP contribution in [0.4, 0.5) is 16.2 Å². The fourth-order valence-electron chi connectivity index (χ4n) is 2.71. The zero-order valence-electron chi connectivity index (χ0n) is 15.0. The van der Waals surface area contributed by atoms with Crippen molar-refractivity contribution in [2.75, 3.05) is 23.8 Å². The molecule has 1 unspecified atom stereocenters. The lowest BCUT2D eigenvalue weighted by Gasteiger charge is -2.12. The van der Waals surface area contributed by atoms with Gasteiger partial charge in [0.05, 0.1) is 11.7 Å². The van der Waals surface area contributed by atoms with E-state index in [2.05, 4.69) is 20.9 Å². The van der Waals surface area contributed by atoms with Crippen LogP contribution >= 0.6 is 0 Å². The van der Waals surface area contributed by atoms with Gasteiger partial charge >= 0.3 is 12.0 Å². The maximum Gasteiger partial charge on any atom is 0.335 e. The molecule has 1 atom stereocenters. The van der Waals surface area contributed by atoms with Crippen LogP contribution in [0, 0.1) is 0 Å². The van der Waals surface area contributed by atoms with E-state index in [1.807, 2.05) is 0 Å². The highest BCUT2D eigenvalue weighted by molar-refractivity contribution is 6.04. The van der Waals surface area contributed by atoms with E-state index in [4.69, 9.17) is 9.84 Å². The highest BCUT2D eigenvalue weighted by Gasteiger charge is 2.16. The molecule has 0 radical (unpaired) electrons. The molecule has 28 heavy (non-hydrogen) atoms. The van der Waals surface area contributed by atoms with Gasteiger partial charge in [-0.25, -0.2) is 9.59 Å². The van der Waals surface area contributed by atoms with Crippen LogP contribution in [0.2, 0.25) is 0 Å². The summed E-state index contributed by atoms with van der Waals surface area (Å²) in [6, 6.07) is 8.70. The molecule has 0 aliphatic carbocycles. The predicted molar refractivity (Wildman–Crippen MR) is 102 cm³/mol. The molecule has 2 aromatic rings. The molecule has 1 aromatic heterocycles. The SMILES string of the molecule is O=C(NCC1CCCO1)Nc1ccc(NC(=O)c2cc(C(=O)O)ccn2)cc1. The van der Waals surface area contributed by atoms with Gasteiger partial charge in [0.1, 0.15) is 5.69 Å². The van der Waals surface area contributed by atoms with E-state index < -0.39 is 11.9 Å². The molecular formula is C19H20N4O5. The van der Waals surface area contributed by atoms with Crippen LogP contribution in [-0.2, 0) is 4.74 Å². The molecule has 0 bridgehead atoms. The van der Waals surface area contributed by atoms with E-state index in [0.29, 0.717) is 17.9 Å². The van der Waals surface area contributed by atoms with Gasteiger partial charge in [0.2, 0.25) is 0 Å². The van der Waals surface area contributed by atoms with Gasteiger partial charge in [0, 0.05) is 30.7 Å². The molecule has 1 fully saturated rings. The molecule has 146 valence electrons. The van der Waals surface area contributed by atoms with Gasteiger partial charge in [-0.1, -0.05) is 0 Å². The lowest BCUT2D eigenvalue weighted by molar-refractivity contribution is 0.0696. The van der Waals surface area contributed by atoms with E-state index in [1.54, 1.807) is 24.3 Å². The number of pyridine rings is 1. The number of urea groups is 1. The van der Waals surface area contributed by atoms with Gasteiger partial charge in [-0.3, -0.25) is 9.78 Å². The lowest BCUT2D eigenvalue weighted by Crippen LogP contribution is -2.35. The first kappa shape index (κ1) is 19.3. The number of ether oxygens (including phenoxy) is 1. The summed E-state index contributed by atoms with van der Waals surface area (Å²) in [5.41, 5.74) is 1.02. The summed E-state index contributed by atoms with van der Waals surface area (Å²) < 4.78 is 5.44. The van der Waals surface area contributed by atoms with Crippen LogP contribution in [0.1, 0.15) is 33.7 Å². The minimum Gasteiger partial charge on any atom is -0.478 e. The van der Waals surface area contributed by atoms with Crippen molar-refractivity contribution in [2.45, 2.75) is 18.9 Å². The third kappa shape index (κ3) is 5.27. The van der Waals surface area contributed by atoms with Gasteiger partial charge in [0.25, 0.3) is 5.91 Å². The summed E-state index contributed by atoms with van der Waals surface area (Å²) in [5.74, 6) is -1.66. The number of hydrogen-bond donors (Lipinski definition) is 4. The molecule has 1 aliphatic rings. The van der Waals surface area contributed by atoms with Crippen molar-refractivity contribution in [3.8, 4) is 0 Å². The average Bonchev–Trinajstić information content (AvgIpc) is 3.21. The standard InChI is InChI=1S/C19H20N4O5/c24-17(16-10-12(18(25)26)7-8-20-16)22-13-3-5-14(6-4-13)23-19(27)21-11-15-2-1-9-28-15/h3-8,10,15H,1-2,9,11H2,(H,22,24)(H,25,26)(H2,21,23,27). The maximum absolute atomic E-state index is 12.2. The minimum atomic E-state index is -1.13. The van der Waals surface area contributed by atoms with Crippen LogP contribution in [-0.4, -0.2) is 47.3 Å². The Morgan fingerprint density at radius 2 is 1.82 bits per heavy atom. The van der Waals surface area contributed by atoms with Crippen LogP contribution in [0.15, 0.2) is 42.6 Å². The number of anilines is 2. The molecule has 3 amide bonds. The van der Waals surface area contributed by atoms with Crippen LogP contribution in [0.5, 0.6) is 0 Å². The molecule has 0 spiro atoms. The number of carboxylic acid groups (broad SMARTS) is 1. The van der Waals surface area contributed by atoms with Crippen molar-refractivity contribution in [1.82, 2.24) is 10.3 Å². The summed E-state index contributed by atoms with van der Waals surface area (Å²) in [6.07, 6.45) is 3.29. The number of carbonyl (C=O) groups is 3. The number of aromatic nitrogens is 1. The van der Waals surface area contributed by atoms with Crippen LogP contribution in [0.25, 0.3) is 0 Å². The second-order valence-corrected chi connectivity index (χ2v) is 6.24. The van der Waals surface area contributed by atoms with E-state index >= 15 is 0 Å². The summed E-state index contributed by atoms with van der Waals surface area (Å²) >= 11 is 0. The van der Waals surface area contributed by atoms with Gasteiger partial charge in [-0.05, 0) is 49.2 Å². The van der Waals surface area contributed by atoms with Crippen molar-refractivity contribution < 1.29 is 24.2 Å². The first-order valence-electron chi connectivity index (χ1n) is 8.78. The van der Waals surface area contributed by atoms with Gasteiger partial charge in [-0.2, -0.15) is 0 Å². The molecule has 1 aliphatic heterocycles. The third-order valence-corrected chi connectivity index (χ3v) is 4.15. The normalized spacial score (nSPS) is 15.6. The third-order valence-electron chi connectivity index (χ3n) is 4.15. The second-order valence-electron chi connectivity index (χ2n) is 6.24.